The van der Waals surface area contributed by atoms with Crippen LogP contribution in [0.5, 0.6) is 0 Å². The standard InChI is InChI=1S/C39H44NO/c1-25-20-33(31-11-9-10-30(23-31)29-14-18-39(19-15-29)16-7-6-8-17-39)37-34(21-25)32-13-12-26(2)36(38(32)41-37)35-22-27(3)28(4)24-40(35)5/h9-13,20-24,29H,6-8,14-19H2,1-5H3/q+1/i1D3,3D,4D3,29D. The molecule has 0 radical (unpaired) electrons. The first-order chi connectivity index (χ1) is 23.1. The normalized spacial score (nSPS) is 21.8. The molecule has 3 aromatic carbocycles. The van der Waals surface area contributed by atoms with E-state index in [0.29, 0.717) is 38.8 Å². The van der Waals surface area contributed by atoms with Gasteiger partial charge >= 0.3 is 0 Å². The largest absolute Gasteiger partial charge is 0.454 e. The first-order valence-corrected chi connectivity index (χ1v) is 15.1. The number of hydrogen-bond donors (Lipinski definition) is 0. The monoisotopic (exact) mass is 550 g/mol. The van der Waals surface area contributed by atoms with Gasteiger partial charge in [-0.1, -0.05) is 55.7 Å². The van der Waals surface area contributed by atoms with Crippen LogP contribution in [0.15, 0.2) is 65.2 Å². The zero-order valence-electron chi connectivity index (χ0n) is 32.2. The highest BCUT2D eigenvalue weighted by atomic mass is 16.3. The number of aryl methyl sites for hydroxylation is 5. The van der Waals surface area contributed by atoms with E-state index in [1.165, 1.54) is 32.1 Å². The van der Waals surface area contributed by atoms with Crippen molar-refractivity contribution in [2.75, 3.05) is 0 Å². The summed E-state index contributed by atoms with van der Waals surface area (Å²) in [6.45, 7) is -2.92. The van der Waals surface area contributed by atoms with Crippen molar-refractivity contribution >= 4 is 21.9 Å². The van der Waals surface area contributed by atoms with E-state index >= 15 is 0 Å². The van der Waals surface area contributed by atoms with Gasteiger partial charge in [0.1, 0.15) is 18.2 Å². The molecule has 2 aromatic heterocycles. The fraction of sp³-hybridized carbons (Fsp3) is 0.410. The summed E-state index contributed by atoms with van der Waals surface area (Å²) in [7, 11) is 1.79. The molecule has 0 saturated heterocycles. The number of rotatable bonds is 3. The van der Waals surface area contributed by atoms with Gasteiger partial charge in [0.2, 0.25) is 5.69 Å². The van der Waals surface area contributed by atoms with Gasteiger partial charge in [-0.2, -0.15) is 0 Å². The summed E-state index contributed by atoms with van der Waals surface area (Å²) in [5.41, 5.74) is 7.15. The second kappa shape index (κ2) is 10.2. The Morgan fingerprint density at radius 1 is 0.854 bits per heavy atom. The molecule has 2 fully saturated rings. The van der Waals surface area contributed by atoms with Crippen LogP contribution in [-0.2, 0) is 7.05 Å². The summed E-state index contributed by atoms with van der Waals surface area (Å²) in [4.78, 5) is 0. The van der Waals surface area contributed by atoms with Crippen molar-refractivity contribution in [1.82, 2.24) is 0 Å². The highest BCUT2D eigenvalue weighted by Crippen LogP contribution is 2.51. The summed E-state index contributed by atoms with van der Waals surface area (Å²) in [5.74, 6) is -0.692. The summed E-state index contributed by atoms with van der Waals surface area (Å²) >= 11 is 0. The van der Waals surface area contributed by atoms with Crippen LogP contribution in [0, 0.1) is 32.9 Å². The van der Waals surface area contributed by atoms with E-state index in [0.717, 1.165) is 53.3 Å². The topological polar surface area (TPSA) is 17.0 Å². The lowest BCUT2D eigenvalue weighted by Crippen LogP contribution is -2.31. The number of benzene rings is 3. The van der Waals surface area contributed by atoms with Gasteiger partial charge in [-0.25, -0.2) is 4.57 Å². The maximum Gasteiger partial charge on any atom is 0.216 e. The molecule has 2 heteroatoms. The van der Waals surface area contributed by atoms with Gasteiger partial charge in [0.05, 0.1) is 5.56 Å². The van der Waals surface area contributed by atoms with Crippen LogP contribution in [-0.4, -0.2) is 0 Å². The molecule has 210 valence electrons. The maximum atomic E-state index is 9.60. The summed E-state index contributed by atoms with van der Waals surface area (Å²) in [6, 6.07) is 17.2. The highest BCUT2D eigenvalue weighted by Gasteiger charge is 2.36. The smallest absolute Gasteiger partial charge is 0.216 e. The quantitative estimate of drug-likeness (QED) is 0.204. The van der Waals surface area contributed by atoms with Crippen molar-refractivity contribution in [3.8, 4) is 22.4 Å². The van der Waals surface area contributed by atoms with Crippen LogP contribution in [0.1, 0.15) is 102 Å². The Kier molecular flexibility index (Phi) is 4.69. The number of fused-ring (bicyclic) bond motifs is 3. The first-order valence-electron chi connectivity index (χ1n) is 19.3. The molecule has 7 rings (SSSR count). The number of aromatic nitrogens is 1. The van der Waals surface area contributed by atoms with Crippen LogP contribution in [0.2, 0.25) is 0 Å². The van der Waals surface area contributed by atoms with Crippen LogP contribution in [0.4, 0.5) is 0 Å². The van der Waals surface area contributed by atoms with Crippen molar-refractivity contribution in [3.63, 3.8) is 0 Å². The van der Waals surface area contributed by atoms with Gasteiger partial charge in [-0.3, -0.25) is 0 Å². The Hall–Kier alpha value is -3.39. The zero-order chi connectivity index (χ0) is 34.9. The maximum absolute atomic E-state index is 9.60. The second-order valence-corrected chi connectivity index (χ2v) is 12.6. The Bertz CT molecular complexity index is 2060. The average Bonchev–Trinajstić information content (AvgIpc) is 3.44. The van der Waals surface area contributed by atoms with Gasteiger partial charge < -0.3 is 4.42 Å². The van der Waals surface area contributed by atoms with Crippen molar-refractivity contribution in [2.24, 2.45) is 12.5 Å². The number of pyridine rings is 1. The van der Waals surface area contributed by atoms with Crippen molar-refractivity contribution in [3.05, 3.63) is 88.6 Å². The molecule has 2 saturated carbocycles. The van der Waals surface area contributed by atoms with Crippen LogP contribution in [0.25, 0.3) is 44.3 Å². The average molecular weight is 551 g/mol. The first kappa shape index (κ1) is 18.9. The molecule has 5 aromatic rings. The summed E-state index contributed by atoms with van der Waals surface area (Å²) in [5, 5.41) is 1.44. The van der Waals surface area contributed by atoms with Crippen LogP contribution >= 0.6 is 0 Å². The molecule has 0 aliphatic heterocycles. The lowest BCUT2D eigenvalue weighted by atomic mass is 9.62. The van der Waals surface area contributed by atoms with Gasteiger partial charge in [0, 0.05) is 38.9 Å². The van der Waals surface area contributed by atoms with E-state index < -0.39 is 19.6 Å². The van der Waals surface area contributed by atoms with Gasteiger partial charge in [-0.15, -0.1) is 0 Å². The zero-order valence-corrected chi connectivity index (χ0v) is 24.2. The molecule has 2 heterocycles. The van der Waals surface area contributed by atoms with Crippen LogP contribution in [0.3, 0.4) is 0 Å². The molecule has 0 N–H and O–H groups in total. The molecular formula is C39H44NO+. The minimum atomic E-state index is -2.35. The predicted octanol–water partition coefficient (Wildman–Crippen LogP) is 10.6. The molecule has 0 bridgehead atoms. The molecule has 2 aliphatic rings. The molecule has 0 unspecified atom stereocenters. The number of furan rings is 1. The summed E-state index contributed by atoms with van der Waals surface area (Å²) < 4.78 is 75.4. The minimum absolute atomic E-state index is 0.145. The number of nitrogens with zero attached hydrogens (tertiary/aromatic N) is 1. The SMILES string of the molecule is [2H]Cc1cc(-c2c(C)ccc3c2oc2c(-c4cccc(C5([2H])CCC6(CCCCC6)CC5)c4)cc(C([2H])([2H])[2H])cc23)[n+](C)cc1C([2H])([2H])[2H]. The van der Waals surface area contributed by atoms with Crippen molar-refractivity contribution < 1.29 is 20.0 Å². The Morgan fingerprint density at radius 2 is 1.71 bits per heavy atom. The third-order valence-electron chi connectivity index (χ3n) is 9.98. The van der Waals surface area contributed by atoms with Crippen molar-refractivity contribution in [1.29, 1.82) is 0 Å². The molecule has 0 amide bonds. The van der Waals surface area contributed by atoms with Gasteiger partial charge in [0.15, 0.2) is 6.20 Å². The molecule has 1 spiro atoms. The van der Waals surface area contributed by atoms with Gasteiger partial charge in [-0.05, 0) is 117 Å². The molecule has 2 aliphatic carbocycles. The minimum Gasteiger partial charge on any atom is -0.454 e. The molecule has 41 heavy (non-hydrogen) atoms. The van der Waals surface area contributed by atoms with Crippen molar-refractivity contribution in [2.45, 2.75) is 91.2 Å². The lowest BCUT2D eigenvalue weighted by molar-refractivity contribution is -0.660. The third-order valence-corrected chi connectivity index (χ3v) is 9.98. The Balaban J connectivity index is 1.40. The molecule has 0 atom stereocenters. The van der Waals surface area contributed by atoms with E-state index in [1.807, 2.05) is 37.3 Å². The predicted molar refractivity (Wildman–Crippen MR) is 171 cm³/mol. The fourth-order valence-corrected chi connectivity index (χ4v) is 7.59. The van der Waals surface area contributed by atoms with E-state index in [-0.39, 0.29) is 18.0 Å². The van der Waals surface area contributed by atoms with E-state index in [2.05, 4.69) is 6.07 Å². The Morgan fingerprint density at radius 3 is 2.49 bits per heavy atom. The highest BCUT2D eigenvalue weighted by molar-refractivity contribution is 6.13. The molecular weight excluding hydrogens is 498 g/mol. The lowest BCUT2D eigenvalue weighted by Gasteiger charge is -2.43. The second-order valence-electron chi connectivity index (χ2n) is 12.6. The van der Waals surface area contributed by atoms with Gasteiger partial charge in [0.25, 0.3) is 0 Å². The third kappa shape index (κ3) is 4.60. The Labute approximate surface area is 256 Å². The van der Waals surface area contributed by atoms with Crippen LogP contribution < -0.4 is 4.57 Å². The number of hydrogen-bond acceptors (Lipinski definition) is 1. The fourth-order valence-electron chi connectivity index (χ4n) is 7.59. The van der Waals surface area contributed by atoms with E-state index in [9.17, 15) is 1.37 Å². The van der Waals surface area contributed by atoms with E-state index in [1.54, 1.807) is 36.0 Å². The summed E-state index contributed by atoms with van der Waals surface area (Å²) in [6.07, 6.45) is 11.9. The van der Waals surface area contributed by atoms with E-state index in [4.69, 9.17) is 14.0 Å². The molecule has 2 nitrogen and oxygen atoms in total.